The van der Waals surface area contributed by atoms with Crippen molar-refractivity contribution in [3.63, 3.8) is 0 Å². The van der Waals surface area contributed by atoms with Gasteiger partial charge < -0.3 is 14.8 Å². The molecule has 0 bridgehead atoms. The van der Waals surface area contributed by atoms with Crippen LogP contribution in [0.2, 0.25) is 0 Å². The Hall–Kier alpha value is -4.02. The first kappa shape index (κ1) is 23.1. The molecule has 2 heterocycles. The molecule has 3 aromatic rings. The van der Waals surface area contributed by atoms with Crippen molar-refractivity contribution >= 4 is 34.5 Å². The molecule has 1 fully saturated rings. The minimum atomic E-state index is -0.885. The zero-order valence-corrected chi connectivity index (χ0v) is 18.2. The number of benzene rings is 2. The largest absolute Gasteiger partial charge is 0.445 e. The van der Waals surface area contributed by atoms with Crippen molar-refractivity contribution in [3.05, 3.63) is 72.4 Å². The van der Waals surface area contributed by atoms with Gasteiger partial charge in [0.05, 0.1) is 23.9 Å². The van der Waals surface area contributed by atoms with E-state index in [0.29, 0.717) is 11.2 Å². The smallest absolute Gasteiger partial charge is 0.410 e. The highest BCUT2D eigenvalue weighted by Crippen LogP contribution is 2.26. The maximum Gasteiger partial charge on any atom is 0.410 e. The zero-order valence-electron chi connectivity index (χ0n) is 18.2. The second-order valence-corrected chi connectivity index (χ2v) is 7.78. The van der Waals surface area contributed by atoms with Crippen molar-refractivity contribution in [1.82, 2.24) is 15.4 Å². The molecule has 4 rings (SSSR count). The summed E-state index contributed by atoms with van der Waals surface area (Å²) in [6.07, 6.45) is 0.529. The lowest BCUT2D eigenvalue weighted by Crippen LogP contribution is -2.43. The molecular formula is C24H24N4O6. The Morgan fingerprint density at radius 1 is 1.06 bits per heavy atom. The lowest BCUT2D eigenvalue weighted by atomic mass is 10.1. The number of ether oxygens (including phenoxy) is 2. The molecule has 1 saturated heterocycles. The predicted octanol–water partition coefficient (Wildman–Crippen LogP) is 2.47. The van der Waals surface area contributed by atoms with Gasteiger partial charge >= 0.3 is 6.09 Å². The van der Waals surface area contributed by atoms with Crippen molar-refractivity contribution < 1.29 is 29.1 Å². The topological polar surface area (TPSA) is 130 Å². The second-order valence-electron chi connectivity index (χ2n) is 7.78. The Balaban J connectivity index is 1.49. The van der Waals surface area contributed by atoms with Crippen molar-refractivity contribution in [2.75, 3.05) is 18.5 Å². The van der Waals surface area contributed by atoms with Crippen LogP contribution in [0.1, 0.15) is 12.0 Å². The molecule has 1 aliphatic rings. The quantitative estimate of drug-likeness (QED) is 0.362. The highest BCUT2D eigenvalue weighted by molar-refractivity contribution is 6.03. The molecule has 10 nitrogen and oxygen atoms in total. The van der Waals surface area contributed by atoms with Crippen LogP contribution in [0.5, 0.6) is 0 Å². The van der Waals surface area contributed by atoms with E-state index >= 15 is 0 Å². The molecule has 34 heavy (non-hydrogen) atoms. The Bertz CT molecular complexity index is 1170. The number of hydrogen-bond donors (Lipinski definition) is 3. The van der Waals surface area contributed by atoms with Crippen molar-refractivity contribution in [3.8, 4) is 0 Å². The second kappa shape index (κ2) is 10.7. The maximum absolute atomic E-state index is 13.2. The van der Waals surface area contributed by atoms with Crippen LogP contribution in [-0.4, -0.2) is 58.3 Å². The van der Waals surface area contributed by atoms with Crippen LogP contribution in [-0.2, 0) is 25.7 Å². The van der Waals surface area contributed by atoms with Crippen LogP contribution < -0.4 is 10.8 Å². The van der Waals surface area contributed by atoms with Crippen LogP contribution in [0.4, 0.5) is 10.5 Å². The van der Waals surface area contributed by atoms with E-state index in [2.05, 4.69) is 10.3 Å². The van der Waals surface area contributed by atoms with Gasteiger partial charge in [-0.2, -0.15) is 0 Å². The molecule has 0 aliphatic carbocycles. The van der Waals surface area contributed by atoms with Gasteiger partial charge in [-0.05, 0) is 17.7 Å². The molecule has 2 aromatic carbocycles. The molecule has 0 saturated carbocycles. The average molecular weight is 464 g/mol. The summed E-state index contributed by atoms with van der Waals surface area (Å²) in [5, 5.41) is 12.4. The van der Waals surface area contributed by atoms with Gasteiger partial charge in [-0.3, -0.25) is 24.7 Å². The van der Waals surface area contributed by atoms with Crippen molar-refractivity contribution in [2.45, 2.75) is 25.2 Å². The number of nitrogens with one attached hydrogen (secondary N) is 2. The van der Waals surface area contributed by atoms with Crippen LogP contribution in [0.25, 0.3) is 10.9 Å². The first-order chi connectivity index (χ1) is 16.5. The van der Waals surface area contributed by atoms with Crippen molar-refractivity contribution in [1.29, 1.82) is 0 Å². The molecule has 0 unspecified atom stereocenters. The molecule has 3 amide bonds. The van der Waals surface area contributed by atoms with E-state index in [9.17, 15) is 14.4 Å². The number of anilines is 1. The van der Waals surface area contributed by atoms with E-state index in [1.807, 2.05) is 42.5 Å². The molecule has 1 aromatic heterocycles. The molecule has 0 spiro atoms. The number of carbonyl (C=O) groups is 3. The number of pyridine rings is 1. The molecule has 3 N–H and O–H groups in total. The summed E-state index contributed by atoms with van der Waals surface area (Å²) in [4.78, 5) is 43.1. The van der Waals surface area contributed by atoms with Gasteiger partial charge in [0.1, 0.15) is 19.3 Å². The lowest BCUT2D eigenvalue weighted by Gasteiger charge is -2.23. The fourth-order valence-electron chi connectivity index (χ4n) is 3.82. The molecule has 0 radical (unpaired) electrons. The fraction of sp³-hybridized carbons (Fsp3) is 0.250. The number of likely N-dealkylation sites (tertiary alicyclic amines) is 1. The van der Waals surface area contributed by atoms with Gasteiger partial charge in [-0.1, -0.05) is 48.5 Å². The minimum absolute atomic E-state index is 0.0518. The van der Waals surface area contributed by atoms with Gasteiger partial charge in [0.25, 0.3) is 5.91 Å². The summed E-state index contributed by atoms with van der Waals surface area (Å²) in [6, 6.07) is 17.4. The number of nitrogens with zero attached hydrogens (tertiary/aromatic N) is 2. The molecule has 2 atom stereocenters. The van der Waals surface area contributed by atoms with Gasteiger partial charge in [0.2, 0.25) is 5.91 Å². The van der Waals surface area contributed by atoms with E-state index in [-0.39, 0.29) is 19.6 Å². The number of carbonyl (C=O) groups excluding carboxylic acids is 3. The summed E-state index contributed by atoms with van der Waals surface area (Å²) >= 11 is 0. The third-order valence-electron chi connectivity index (χ3n) is 5.47. The fourth-order valence-corrected chi connectivity index (χ4v) is 3.82. The number of hydroxylamine groups is 1. The van der Waals surface area contributed by atoms with E-state index < -0.39 is 36.7 Å². The van der Waals surface area contributed by atoms with Crippen LogP contribution >= 0.6 is 0 Å². The Morgan fingerprint density at radius 3 is 2.65 bits per heavy atom. The Morgan fingerprint density at radius 2 is 1.85 bits per heavy atom. The highest BCUT2D eigenvalue weighted by Gasteiger charge is 2.41. The maximum atomic E-state index is 13.2. The molecular weight excluding hydrogens is 440 g/mol. The lowest BCUT2D eigenvalue weighted by molar-refractivity contribution is -0.135. The van der Waals surface area contributed by atoms with Gasteiger partial charge in [0, 0.05) is 18.0 Å². The predicted molar refractivity (Wildman–Crippen MR) is 122 cm³/mol. The van der Waals surface area contributed by atoms with Crippen LogP contribution in [0, 0.1) is 0 Å². The number of hydrogen-bond acceptors (Lipinski definition) is 7. The third kappa shape index (κ3) is 5.48. The molecule has 176 valence electrons. The normalized spacial score (nSPS) is 17.4. The van der Waals surface area contributed by atoms with E-state index in [1.165, 1.54) is 10.4 Å². The van der Waals surface area contributed by atoms with Gasteiger partial charge in [-0.15, -0.1) is 0 Å². The summed E-state index contributed by atoms with van der Waals surface area (Å²) in [5.74, 6) is -1.15. The molecule has 1 aliphatic heterocycles. The van der Waals surface area contributed by atoms with Crippen LogP contribution in [0.3, 0.4) is 0 Å². The number of para-hydroxylation sites is 1. The average Bonchev–Trinajstić information content (AvgIpc) is 3.31. The number of aromatic nitrogens is 1. The van der Waals surface area contributed by atoms with E-state index in [4.69, 9.17) is 14.7 Å². The summed E-state index contributed by atoms with van der Waals surface area (Å²) in [6.45, 7) is -0.302. The zero-order chi connectivity index (χ0) is 23.9. The number of fused-ring (bicyclic) bond motifs is 1. The summed E-state index contributed by atoms with van der Waals surface area (Å²) < 4.78 is 10.9. The van der Waals surface area contributed by atoms with E-state index in [1.54, 1.807) is 24.4 Å². The van der Waals surface area contributed by atoms with Gasteiger partial charge in [-0.25, -0.2) is 10.3 Å². The standard InChI is InChI=1S/C24H24N4O6/c29-21(27-32)15-33-18-12-20(28(13-18)24(31)34-14-16-6-2-1-3-7-16)23(30)26-19-10-4-8-17-9-5-11-25-22(17)19/h1-11,18,20,32H,12-15H2,(H,26,30)(H,27,29)/t18-,20-/m1/s1. The Kier molecular flexibility index (Phi) is 7.31. The monoisotopic (exact) mass is 464 g/mol. The van der Waals surface area contributed by atoms with E-state index in [0.717, 1.165) is 10.9 Å². The Labute approximate surface area is 195 Å². The minimum Gasteiger partial charge on any atom is -0.445 e. The highest BCUT2D eigenvalue weighted by atomic mass is 16.6. The SMILES string of the molecule is O=C(CO[C@@H]1C[C@H](C(=O)Nc2cccc3cccnc23)N(C(=O)OCc2ccccc2)C1)NO. The van der Waals surface area contributed by atoms with Crippen molar-refractivity contribution in [2.24, 2.45) is 0 Å². The third-order valence-corrected chi connectivity index (χ3v) is 5.47. The summed E-state index contributed by atoms with van der Waals surface area (Å²) in [7, 11) is 0. The number of rotatable bonds is 7. The molecule has 10 heteroatoms. The number of amides is 3. The first-order valence-corrected chi connectivity index (χ1v) is 10.7. The first-order valence-electron chi connectivity index (χ1n) is 10.7. The van der Waals surface area contributed by atoms with Gasteiger partial charge in [0.15, 0.2) is 0 Å². The van der Waals surface area contributed by atoms with Crippen LogP contribution in [0.15, 0.2) is 66.9 Å². The summed E-state index contributed by atoms with van der Waals surface area (Å²) in [5.41, 5.74) is 3.45.